The number of aromatic nitrogens is 2. The van der Waals surface area contributed by atoms with Crippen molar-refractivity contribution in [1.82, 2.24) is 10.1 Å². The van der Waals surface area contributed by atoms with Crippen molar-refractivity contribution in [2.45, 2.75) is 18.4 Å². The van der Waals surface area contributed by atoms with E-state index in [1.807, 2.05) is 25.1 Å². The molecule has 1 aromatic heterocycles. The van der Waals surface area contributed by atoms with Crippen LogP contribution in [0.4, 0.5) is 5.69 Å². The van der Waals surface area contributed by atoms with Gasteiger partial charge in [0.15, 0.2) is 6.61 Å². The number of carbonyl (C=O) groups is 1. The minimum atomic E-state index is -0.487. The van der Waals surface area contributed by atoms with Crippen LogP contribution in [0.15, 0.2) is 56.4 Å². The van der Waals surface area contributed by atoms with Crippen LogP contribution in [0.3, 0.4) is 0 Å². The highest BCUT2D eigenvalue weighted by Gasteiger charge is 2.13. The molecule has 0 bridgehead atoms. The summed E-state index contributed by atoms with van der Waals surface area (Å²) in [5.74, 6) is 0.168. The molecule has 0 saturated heterocycles. The molecule has 0 aliphatic heterocycles. The van der Waals surface area contributed by atoms with Crippen LogP contribution in [0.2, 0.25) is 0 Å². The van der Waals surface area contributed by atoms with Crippen molar-refractivity contribution in [1.29, 1.82) is 0 Å². The van der Waals surface area contributed by atoms with Crippen LogP contribution in [0.1, 0.15) is 11.5 Å². The molecule has 0 amide bonds. The third kappa shape index (κ3) is 5.17. The first-order chi connectivity index (χ1) is 13.4. The standard InChI is InChI=1S/C18H14BrN3O5S/c1-11-8-13(19)4-7-15(11)28-10-17(23)26-9-16-20-18(21-27-16)12-2-5-14(6-3-12)22(24)25/h2-8H,9-10H2,1H3. The molecule has 3 rings (SSSR count). The van der Waals surface area contributed by atoms with Gasteiger partial charge in [-0.3, -0.25) is 14.9 Å². The van der Waals surface area contributed by atoms with E-state index in [-0.39, 0.29) is 29.8 Å². The Morgan fingerprint density at radius 2 is 2.04 bits per heavy atom. The highest BCUT2D eigenvalue weighted by atomic mass is 79.9. The van der Waals surface area contributed by atoms with Crippen molar-refractivity contribution in [3.63, 3.8) is 0 Å². The van der Waals surface area contributed by atoms with Gasteiger partial charge in [-0.15, -0.1) is 11.8 Å². The predicted molar refractivity (Wildman–Crippen MR) is 106 cm³/mol. The van der Waals surface area contributed by atoms with Gasteiger partial charge in [-0.1, -0.05) is 21.1 Å². The van der Waals surface area contributed by atoms with E-state index in [4.69, 9.17) is 9.26 Å². The average Bonchev–Trinajstić information content (AvgIpc) is 3.15. The Labute approximate surface area is 172 Å². The Bertz CT molecular complexity index is 1010. The number of benzene rings is 2. The first-order valence-corrected chi connectivity index (χ1v) is 9.82. The van der Waals surface area contributed by atoms with Crippen molar-refractivity contribution in [3.8, 4) is 11.4 Å². The normalized spacial score (nSPS) is 10.6. The molecule has 28 heavy (non-hydrogen) atoms. The van der Waals surface area contributed by atoms with Gasteiger partial charge in [-0.05, 0) is 42.8 Å². The summed E-state index contributed by atoms with van der Waals surface area (Å²) in [5.41, 5.74) is 1.60. The Balaban J connectivity index is 1.52. The topological polar surface area (TPSA) is 108 Å². The lowest BCUT2D eigenvalue weighted by molar-refractivity contribution is -0.384. The lowest BCUT2D eigenvalue weighted by Crippen LogP contribution is -2.07. The zero-order chi connectivity index (χ0) is 20.1. The molecule has 0 aliphatic rings. The zero-order valence-electron chi connectivity index (χ0n) is 14.6. The quantitative estimate of drug-likeness (QED) is 0.217. The number of nitrogens with zero attached hydrogens (tertiary/aromatic N) is 3. The van der Waals surface area contributed by atoms with E-state index in [2.05, 4.69) is 26.1 Å². The Morgan fingerprint density at radius 1 is 1.29 bits per heavy atom. The summed E-state index contributed by atoms with van der Waals surface area (Å²) < 4.78 is 11.2. The molecule has 0 radical (unpaired) electrons. The van der Waals surface area contributed by atoms with Gasteiger partial charge in [-0.25, -0.2) is 0 Å². The van der Waals surface area contributed by atoms with Gasteiger partial charge in [0, 0.05) is 27.1 Å². The molecule has 0 N–H and O–H groups in total. The van der Waals surface area contributed by atoms with Gasteiger partial charge in [-0.2, -0.15) is 4.98 Å². The molecule has 2 aromatic carbocycles. The van der Waals surface area contributed by atoms with E-state index < -0.39 is 10.9 Å². The second-order valence-corrected chi connectivity index (χ2v) is 7.61. The second-order valence-electron chi connectivity index (χ2n) is 5.67. The SMILES string of the molecule is Cc1cc(Br)ccc1SCC(=O)OCc1nc(-c2ccc([N+](=O)[O-])cc2)no1. The van der Waals surface area contributed by atoms with Gasteiger partial charge in [0.05, 0.1) is 10.7 Å². The Hall–Kier alpha value is -2.72. The number of non-ortho nitro benzene ring substituents is 1. The van der Waals surface area contributed by atoms with Gasteiger partial charge in [0.2, 0.25) is 5.82 Å². The molecule has 0 saturated carbocycles. The summed E-state index contributed by atoms with van der Waals surface area (Å²) in [7, 11) is 0. The molecule has 0 atom stereocenters. The molecule has 1 heterocycles. The van der Waals surface area contributed by atoms with E-state index in [0.717, 1.165) is 14.9 Å². The molecular weight excluding hydrogens is 450 g/mol. The summed E-state index contributed by atoms with van der Waals surface area (Å²) in [6.07, 6.45) is 0. The maximum atomic E-state index is 11.9. The summed E-state index contributed by atoms with van der Waals surface area (Å²) in [6, 6.07) is 11.6. The number of nitro groups is 1. The molecule has 8 nitrogen and oxygen atoms in total. The number of nitro benzene ring substituents is 1. The molecule has 10 heteroatoms. The molecule has 0 unspecified atom stereocenters. The number of thioether (sulfide) groups is 1. The van der Waals surface area contributed by atoms with Crippen molar-refractivity contribution in [2.24, 2.45) is 0 Å². The Morgan fingerprint density at radius 3 is 2.71 bits per heavy atom. The third-order valence-electron chi connectivity index (χ3n) is 3.64. The summed E-state index contributed by atoms with van der Waals surface area (Å²) in [4.78, 5) is 27.3. The van der Waals surface area contributed by atoms with E-state index >= 15 is 0 Å². The molecule has 144 valence electrons. The number of rotatable bonds is 7. The monoisotopic (exact) mass is 463 g/mol. The highest BCUT2D eigenvalue weighted by Crippen LogP contribution is 2.25. The van der Waals surface area contributed by atoms with Crippen molar-refractivity contribution >= 4 is 39.3 Å². The van der Waals surface area contributed by atoms with Crippen LogP contribution < -0.4 is 0 Å². The highest BCUT2D eigenvalue weighted by molar-refractivity contribution is 9.10. The first kappa shape index (κ1) is 20.0. The van der Waals surface area contributed by atoms with Gasteiger partial charge < -0.3 is 9.26 Å². The largest absolute Gasteiger partial charge is 0.455 e. The van der Waals surface area contributed by atoms with E-state index in [9.17, 15) is 14.9 Å². The number of esters is 1. The van der Waals surface area contributed by atoms with Crippen LogP contribution >= 0.6 is 27.7 Å². The van der Waals surface area contributed by atoms with Crippen LogP contribution in [-0.4, -0.2) is 26.8 Å². The Kier molecular flexibility index (Phi) is 6.42. The summed E-state index contributed by atoms with van der Waals surface area (Å²) in [5, 5.41) is 14.5. The number of aryl methyl sites for hydroxylation is 1. The smallest absolute Gasteiger partial charge is 0.316 e. The summed E-state index contributed by atoms with van der Waals surface area (Å²) in [6.45, 7) is 1.83. The van der Waals surface area contributed by atoms with Gasteiger partial charge in [0.1, 0.15) is 0 Å². The van der Waals surface area contributed by atoms with E-state index in [1.54, 1.807) is 0 Å². The van der Waals surface area contributed by atoms with Crippen molar-refractivity contribution in [2.75, 3.05) is 5.75 Å². The fraction of sp³-hybridized carbons (Fsp3) is 0.167. The summed E-state index contributed by atoms with van der Waals surface area (Å²) >= 11 is 4.79. The van der Waals surface area contributed by atoms with E-state index in [1.165, 1.54) is 36.0 Å². The molecule has 0 fully saturated rings. The van der Waals surface area contributed by atoms with Crippen molar-refractivity contribution in [3.05, 3.63) is 68.5 Å². The molecule has 3 aromatic rings. The number of halogens is 1. The maximum Gasteiger partial charge on any atom is 0.316 e. The molecule has 0 spiro atoms. The second kappa shape index (κ2) is 8.98. The molecular formula is C18H14BrN3O5S. The lowest BCUT2D eigenvalue weighted by atomic mass is 10.2. The average molecular weight is 464 g/mol. The fourth-order valence-electron chi connectivity index (χ4n) is 2.26. The van der Waals surface area contributed by atoms with Crippen LogP contribution in [0.5, 0.6) is 0 Å². The number of carbonyl (C=O) groups excluding carboxylic acids is 1. The van der Waals surface area contributed by atoms with E-state index in [0.29, 0.717) is 5.56 Å². The van der Waals surface area contributed by atoms with Crippen molar-refractivity contribution < 1.29 is 19.0 Å². The first-order valence-electron chi connectivity index (χ1n) is 8.04. The number of ether oxygens (including phenoxy) is 1. The number of hydrogen-bond donors (Lipinski definition) is 0. The maximum absolute atomic E-state index is 11.9. The minimum absolute atomic E-state index is 0.0279. The minimum Gasteiger partial charge on any atom is -0.455 e. The van der Waals surface area contributed by atoms with Crippen LogP contribution in [0, 0.1) is 17.0 Å². The fourth-order valence-corrected chi connectivity index (χ4v) is 3.54. The van der Waals surface area contributed by atoms with Gasteiger partial charge in [0.25, 0.3) is 11.6 Å². The van der Waals surface area contributed by atoms with Crippen LogP contribution in [-0.2, 0) is 16.1 Å². The lowest BCUT2D eigenvalue weighted by Gasteiger charge is -2.05. The predicted octanol–water partition coefficient (Wildman–Crippen LogP) is 4.55. The molecule has 0 aliphatic carbocycles. The van der Waals surface area contributed by atoms with Gasteiger partial charge >= 0.3 is 5.97 Å². The number of hydrogen-bond acceptors (Lipinski definition) is 8. The zero-order valence-corrected chi connectivity index (χ0v) is 17.0. The van der Waals surface area contributed by atoms with Crippen LogP contribution in [0.25, 0.3) is 11.4 Å². The third-order valence-corrected chi connectivity index (χ3v) is 5.29.